The minimum Gasteiger partial charge on any atom is -0.497 e. The summed E-state index contributed by atoms with van der Waals surface area (Å²) in [6.07, 6.45) is 3.67. The molecule has 2 aromatic heterocycles. The molecule has 0 bridgehead atoms. The third-order valence-electron chi connectivity index (χ3n) is 4.91. The predicted octanol–water partition coefficient (Wildman–Crippen LogP) is 2.02. The molecule has 4 rings (SSSR count). The smallest absolute Gasteiger partial charge is 0.350 e. The van der Waals surface area contributed by atoms with Crippen molar-refractivity contribution < 1.29 is 4.74 Å². The van der Waals surface area contributed by atoms with Crippen molar-refractivity contribution in [3.05, 3.63) is 100.0 Å². The summed E-state index contributed by atoms with van der Waals surface area (Å²) >= 11 is 0. The number of hydrogen-bond donors (Lipinski definition) is 3. The summed E-state index contributed by atoms with van der Waals surface area (Å²) in [6.45, 7) is 0. The Hall–Kier alpha value is -4.27. The highest BCUT2D eigenvalue weighted by molar-refractivity contribution is 5.94. The molecule has 31 heavy (non-hydrogen) atoms. The van der Waals surface area contributed by atoms with Gasteiger partial charge in [0.05, 0.1) is 7.11 Å². The average molecular weight is 415 g/mol. The van der Waals surface area contributed by atoms with E-state index < -0.39 is 5.69 Å². The second-order valence-corrected chi connectivity index (χ2v) is 6.92. The van der Waals surface area contributed by atoms with Crippen molar-refractivity contribution in [1.82, 2.24) is 24.7 Å². The number of methoxy groups -OCH3 is 1. The first-order valence-electron chi connectivity index (χ1n) is 9.59. The molecule has 0 amide bonds. The van der Waals surface area contributed by atoms with Crippen molar-refractivity contribution >= 4 is 5.84 Å². The second kappa shape index (κ2) is 8.62. The van der Waals surface area contributed by atoms with E-state index in [-0.39, 0.29) is 17.7 Å². The predicted molar refractivity (Wildman–Crippen MR) is 116 cm³/mol. The SMILES string of the molecule is COc1cccc(C(Cc2ccc(C(=N)N)cc2)c2nn(-c3ncccn3)c(=O)[nH]2)c1. The maximum absolute atomic E-state index is 12.6. The lowest BCUT2D eigenvalue weighted by Gasteiger charge is -2.16. The fraction of sp³-hybridized carbons (Fsp3) is 0.136. The Kier molecular flexibility index (Phi) is 5.57. The van der Waals surface area contributed by atoms with E-state index in [0.717, 1.165) is 15.8 Å². The van der Waals surface area contributed by atoms with Crippen molar-refractivity contribution in [1.29, 1.82) is 5.41 Å². The third kappa shape index (κ3) is 4.35. The van der Waals surface area contributed by atoms with Crippen molar-refractivity contribution in [2.24, 2.45) is 5.73 Å². The number of nitrogen functional groups attached to an aromatic ring is 1. The van der Waals surface area contributed by atoms with Gasteiger partial charge in [0.2, 0.25) is 0 Å². The average Bonchev–Trinajstić information content (AvgIpc) is 3.19. The van der Waals surface area contributed by atoms with Crippen LogP contribution in [0.3, 0.4) is 0 Å². The molecule has 0 radical (unpaired) electrons. The zero-order valence-corrected chi connectivity index (χ0v) is 16.8. The van der Waals surface area contributed by atoms with Crippen LogP contribution >= 0.6 is 0 Å². The number of aromatic nitrogens is 5. The summed E-state index contributed by atoms with van der Waals surface area (Å²) in [4.78, 5) is 23.6. The quantitative estimate of drug-likeness (QED) is 0.312. The largest absolute Gasteiger partial charge is 0.497 e. The number of nitrogens with zero attached hydrogens (tertiary/aromatic N) is 4. The number of hydrogen-bond acceptors (Lipinski definition) is 6. The van der Waals surface area contributed by atoms with Crippen LogP contribution in [-0.4, -0.2) is 37.7 Å². The Balaban J connectivity index is 1.75. The van der Waals surface area contributed by atoms with Crippen molar-refractivity contribution in [2.75, 3.05) is 7.11 Å². The van der Waals surface area contributed by atoms with Crippen LogP contribution in [0.4, 0.5) is 0 Å². The van der Waals surface area contributed by atoms with Crippen molar-refractivity contribution in [3.63, 3.8) is 0 Å². The van der Waals surface area contributed by atoms with Crippen LogP contribution in [0.2, 0.25) is 0 Å². The Bertz CT molecular complexity index is 1250. The van der Waals surface area contributed by atoms with Gasteiger partial charge < -0.3 is 10.5 Å². The Morgan fingerprint density at radius 1 is 1.16 bits per heavy atom. The van der Waals surface area contributed by atoms with E-state index in [0.29, 0.717) is 23.6 Å². The summed E-state index contributed by atoms with van der Waals surface area (Å²) in [6, 6.07) is 16.8. The van der Waals surface area contributed by atoms with Gasteiger partial charge in [-0.25, -0.2) is 14.8 Å². The van der Waals surface area contributed by atoms with E-state index in [1.54, 1.807) is 37.7 Å². The number of H-pyrrole nitrogens is 1. The second-order valence-electron chi connectivity index (χ2n) is 6.92. The summed E-state index contributed by atoms with van der Waals surface area (Å²) in [5.74, 6) is 1.16. The molecule has 4 aromatic rings. The molecule has 0 aliphatic rings. The minimum absolute atomic E-state index is 0.0156. The molecule has 2 aromatic carbocycles. The molecule has 0 spiro atoms. The van der Waals surface area contributed by atoms with Gasteiger partial charge in [0.1, 0.15) is 17.4 Å². The normalized spacial score (nSPS) is 11.8. The number of ether oxygens (including phenoxy) is 1. The number of aromatic amines is 1. The van der Waals surface area contributed by atoms with Crippen LogP contribution in [0, 0.1) is 5.41 Å². The summed E-state index contributed by atoms with van der Waals surface area (Å²) < 4.78 is 6.53. The molecule has 9 heteroatoms. The molecule has 4 N–H and O–H groups in total. The first kappa shape index (κ1) is 20.0. The van der Waals surface area contributed by atoms with E-state index in [1.807, 2.05) is 36.4 Å². The Labute approximate surface area is 178 Å². The molecule has 2 heterocycles. The standard InChI is InChI=1S/C22H21N7O2/c1-31-17-5-2-4-16(13-17)18(12-14-6-8-15(9-7-14)19(23)24)20-27-22(30)29(28-20)21-25-10-3-11-26-21/h2-11,13,18H,12H2,1H3,(H3,23,24)(H,27,28,30). The fourth-order valence-electron chi connectivity index (χ4n) is 3.32. The molecule has 156 valence electrons. The molecule has 1 unspecified atom stereocenters. The van der Waals surface area contributed by atoms with Crippen LogP contribution in [0.25, 0.3) is 5.95 Å². The van der Waals surface area contributed by atoms with Gasteiger partial charge in [-0.15, -0.1) is 9.78 Å². The van der Waals surface area contributed by atoms with Crippen LogP contribution < -0.4 is 16.2 Å². The lowest BCUT2D eigenvalue weighted by molar-refractivity contribution is 0.414. The molecule has 0 fully saturated rings. The van der Waals surface area contributed by atoms with Gasteiger partial charge in [-0.1, -0.05) is 36.4 Å². The van der Waals surface area contributed by atoms with Gasteiger partial charge in [-0.3, -0.25) is 10.4 Å². The van der Waals surface area contributed by atoms with Gasteiger partial charge in [-0.05, 0) is 35.7 Å². The molecule has 9 nitrogen and oxygen atoms in total. The number of nitrogens with one attached hydrogen (secondary N) is 2. The number of nitrogens with two attached hydrogens (primary N) is 1. The summed E-state index contributed by atoms with van der Waals surface area (Å²) in [5, 5.41) is 12.1. The maximum Gasteiger partial charge on any atom is 0.350 e. The minimum atomic E-state index is -0.416. The van der Waals surface area contributed by atoms with E-state index in [9.17, 15) is 4.79 Å². The molecule has 1 atom stereocenters. The Morgan fingerprint density at radius 3 is 2.58 bits per heavy atom. The van der Waals surface area contributed by atoms with Gasteiger partial charge in [0.25, 0.3) is 5.95 Å². The lowest BCUT2D eigenvalue weighted by Crippen LogP contribution is -2.18. The van der Waals surface area contributed by atoms with Crippen LogP contribution in [0.15, 0.2) is 71.8 Å². The highest BCUT2D eigenvalue weighted by atomic mass is 16.5. The van der Waals surface area contributed by atoms with Crippen LogP contribution in [-0.2, 0) is 6.42 Å². The zero-order valence-electron chi connectivity index (χ0n) is 16.8. The van der Waals surface area contributed by atoms with Gasteiger partial charge >= 0.3 is 5.69 Å². The first-order chi connectivity index (χ1) is 15.0. The number of benzene rings is 2. The van der Waals surface area contributed by atoms with Gasteiger partial charge in [0, 0.05) is 23.9 Å². The highest BCUT2D eigenvalue weighted by Gasteiger charge is 2.22. The first-order valence-corrected chi connectivity index (χ1v) is 9.59. The third-order valence-corrected chi connectivity index (χ3v) is 4.91. The molecular weight excluding hydrogens is 394 g/mol. The van der Waals surface area contributed by atoms with Crippen LogP contribution in [0.5, 0.6) is 5.75 Å². The molecule has 0 saturated carbocycles. The monoisotopic (exact) mass is 415 g/mol. The van der Waals surface area contributed by atoms with Crippen molar-refractivity contribution in [2.45, 2.75) is 12.3 Å². The maximum atomic E-state index is 12.6. The van der Waals surface area contributed by atoms with Gasteiger partial charge in [-0.2, -0.15) is 0 Å². The van der Waals surface area contributed by atoms with E-state index in [1.165, 1.54) is 0 Å². The van der Waals surface area contributed by atoms with Gasteiger partial charge in [0.15, 0.2) is 0 Å². The molecular formula is C22H21N7O2. The van der Waals surface area contributed by atoms with E-state index in [4.69, 9.17) is 15.9 Å². The summed E-state index contributed by atoms with van der Waals surface area (Å²) in [7, 11) is 1.61. The molecule has 0 aliphatic heterocycles. The van der Waals surface area contributed by atoms with Crippen molar-refractivity contribution in [3.8, 4) is 11.7 Å². The summed E-state index contributed by atoms with van der Waals surface area (Å²) in [5.41, 5.74) is 7.74. The molecule has 0 saturated heterocycles. The Morgan fingerprint density at radius 2 is 1.90 bits per heavy atom. The highest BCUT2D eigenvalue weighted by Crippen LogP contribution is 2.28. The topological polar surface area (TPSA) is 136 Å². The molecule has 0 aliphatic carbocycles. The fourth-order valence-corrected chi connectivity index (χ4v) is 3.32. The van der Waals surface area contributed by atoms with E-state index in [2.05, 4.69) is 20.1 Å². The van der Waals surface area contributed by atoms with Crippen LogP contribution in [0.1, 0.15) is 28.4 Å². The lowest BCUT2D eigenvalue weighted by atomic mass is 9.91. The zero-order chi connectivity index (χ0) is 21.8. The van der Waals surface area contributed by atoms with E-state index >= 15 is 0 Å². The number of amidine groups is 1. The number of rotatable bonds is 7.